The van der Waals surface area contributed by atoms with E-state index in [1.165, 1.54) is 6.33 Å². The summed E-state index contributed by atoms with van der Waals surface area (Å²) in [6, 6.07) is 7.36. The number of benzene rings is 1. The number of carbonyl (C=O) groups is 1. The molecule has 1 N–H and O–H groups in total. The number of urea groups is 1. The van der Waals surface area contributed by atoms with Gasteiger partial charge in [0.25, 0.3) is 0 Å². The van der Waals surface area contributed by atoms with Gasteiger partial charge >= 0.3 is 6.03 Å². The third-order valence-corrected chi connectivity index (χ3v) is 3.48. The molecule has 0 radical (unpaired) electrons. The highest BCUT2D eigenvalue weighted by atomic mass is 16.6. The van der Waals surface area contributed by atoms with Gasteiger partial charge in [-0.05, 0) is 12.1 Å². The smallest absolute Gasteiger partial charge is 0.317 e. The Kier molecular flexibility index (Phi) is 4.60. The molecule has 8 heteroatoms. The summed E-state index contributed by atoms with van der Waals surface area (Å²) in [6.45, 7) is 1.93. The second-order valence-corrected chi connectivity index (χ2v) is 5.27. The number of fused-ring (bicyclic) bond motifs is 1. The SMILES string of the molecule is CN(CC1COc2ccccc2O1)C(=O)NCCn1cncn1. The van der Waals surface area contributed by atoms with Gasteiger partial charge in [0.1, 0.15) is 19.3 Å². The highest BCUT2D eigenvalue weighted by Gasteiger charge is 2.23. The van der Waals surface area contributed by atoms with Crippen molar-refractivity contribution in [2.45, 2.75) is 12.6 Å². The normalized spacial score (nSPS) is 16.0. The van der Waals surface area contributed by atoms with E-state index in [9.17, 15) is 4.79 Å². The van der Waals surface area contributed by atoms with Crippen LogP contribution in [0, 0.1) is 0 Å². The second-order valence-electron chi connectivity index (χ2n) is 5.27. The Morgan fingerprint density at radius 2 is 2.26 bits per heavy atom. The molecule has 1 atom stereocenters. The molecular weight excluding hydrogens is 298 g/mol. The largest absolute Gasteiger partial charge is 0.486 e. The average Bonchev–Trinajstić information content (AvgIpc) is 3.08. The van der Waals surface area contributed by atoms with Gasteiger partial charge in [-0.25, -0.2) is 9.78 Å². The van der Waals surface area contributed by atoms with Crippen LogP contribution in [0.3, 0.4) is 0 Å². The summed E-state index contributed by atoms with van der Waals surface area (Å²) in [7, 11) is 1.73. The molecule has 1 aromatic heterocycles. The van der Waals surface area contributed by atoms with E-state index >= 15 is 0 Å². The fourth-order valence-corrected chi connectivity index (χ4v) is 2.30. The van der Waals surface area contributed by atoms with Crippen molar-refractivity contribution < 1.29 is 14.3 Å². The van der Waals surface area contributed by atoms with E-state index in [-0.39, 0.29) is 12.1 Å². The first kappa shape index (κ1) is 15.1. The number of aromatic nitrogens is 3. The Labute approximate surface area is 134 Å². The van der Waals surface area contributed by atoms with Crippen molar-refractivity contribution in [3.8, 4) is 11.5 Å². The predicted octanol–water partition coefficient (Wildman–Crippen LogP) is 0.759. The molecule has 8 nitrogen and oxygen atoms in total. The third kappa shape index (κ3) is 3.91. The van der Waals surface area contributed by atoms with Gasteiger partial charge in [0.05, 0.1) is 13.1 Å². The molecule has 122 valence electrons. The summed E-state index contributed by atoms with van der Waals surface area (Å²) in [5, 5.41) is 6.81. The number of rotatable bonds is 5. The molecule has 23 heavy (non-hydrogen) atoms. The van der Waals surface area contributed by atoms with Crippen molar-refractivity contribution in [2.24, 2.45) is 0 Å². The van der Waals surface area contributed by atoms with Crippen LogP contribution in [0.1, 0.15) is 0 Å². The van der Waals surface area contributed by atoms with Crippen molar-refractivity contribution in [3.05, 3.63) is 36.9 Å². The Morgan fingerprint density at radius 1 is 1.43 bits per heavy atom. The zero-order valence-electron chi connectivity index (χ0n) is 12.9. The van der Waals surface area contributed by atoms with Crippen LogP contribution in [0.4, 0.5) is 4.79 Å². The molecule has 2 aromatic rings. The summed E-state index contributed by atoms with van der Waals surface area (Å²) in [6.07, 6.45) is 2.89. The number of nitrogens with one attached hydrogen (secondary N) is 1. The zero-order valence-corrected chi connectivity index (χ0v) is 12.9. The highest BCUT2D eigenvalue weighted by molar-refractivity contribution is 5.73. The minimum Gasteiger partial charge on any atom is -0.486 e. The minimum absolute atomic E-state index is 0.160. The summed E-state index contributed by atoms with van der Waals surface area (Å²) >= 11 is 0. The van der Waals surface area contributed by atoms with Gasteiger partial charge in [-0.15, -0.1) is 0 Å². The lowest BCUT2D eigenvalue weighted by Crippen LogP contribution is -2.46. The summed E-state index contributed by atoms with van der Waals surface area (Å²) in [5.74, 6) is 1.45. The van der Waals surface area contributed by atoms with E-state index in [0.29, 0.717) is 32.0 Å². The van der Waals surface area contributed by atoms with Gasteiger partial charge in [-0.1, -0.05) is 12.1 Å². The fraction of sp³-hybridized carbons (Fsp3) is 0.400. The highest BCUT2D eigenvalue weighted by Crippen LogP contribution is 2.30. The lowest BCUT2D eigenvalue weighted by Gasteiger charge is -2.29. The van der Waals surface area contributed by atoms with E-state index in [4.69, 9.17) is 9.47 Å². The maximum absolute atomic E-state index is 12.1. The van der Waals surface area contributed by atoms with Crippen molar-refractivity contribution in [1.29, 1.82) is 0 Å². The van der Waals surface area contributed by atoms with Gasteiger partial charge in [0.15, 0.2) is 17.6 Å². The number of likely N-dealkylation sites (N-methyl/N-ethyl adjacent to an activating group) is 1. The minimum atomic E-state index is -0.184. The number of ether oxygens (including phenoxy) is 2. The molecule has 0 saturated heterocycles. The van der Waals surface area contributed by atoms with Crippen LogP contribution >= 0.6 is 0 Å². The zero-order chi connectivity index (χ0) is 16.1. The van der Waals surface area contributed by atoms with E-state index in [0.717, 1.165) is 5.75 Å². The molecular formula is C15H19N5O3. The Hall–Kier alpha value is -2.77. The lowest BCUT2D eigenvalue weighted by atomic mass is 10.2. The molecule has 1 aliphatic rings. The Bertz CT molecular complexity index is 646. The number of nitrogens with zero attached hydrogens (tertiary/aromatic N) is 4. The predicted molar refractivity (Wildman–Crippen MR) is 82.4 cm³/mol. The van der Waals surface area contributed by atoms with Gasteiger partial charge in [0, 0.05) is 13.6 Å². The maximum atomic E-state index is 12.1. The van der Waals surface area contributed by atoms with E-state index < -0.39 is 0 Å². The van der Waals surface area contributed by atoms with Gasteiger partial charge in [-0.3, -0.25) is 4.68 Å². The van der Waals surface area contributed by atoms with Crippen LogP contribution in [-0.4, -0.2) is 58.5 Å². The topological polar surface area (TPSA) is 81.5 Å². The number of para-hydroxylation sites is 2. The van der Waals surface area contributed by atoms with E-state index in [2.05, 4.69) is 15.4 Å². The molecule has 3 rings (SSSR count). The number of hydrogen-bond donors (Lipinski definition) is 1. The Morgan fingerprint density at radius 3 is 3.04 bits per heavy atom. The van der Waals surface area contributed by atoms with Crippen molar-refractivity contribution in [3.63, 3.8) is 0 Å². The van der Waals surface area contributed by atoms with Crippen LogP contribution in [0.25, 0.3) is 0 Å². The number of carbonyl (C=O) groups excluding carboxylic acids is 1. The van der Waals surface area contributed by atoms with Crippen molar-refractivity contribution in [2.75, 3.05) is 26.7 Å². The van der Waals surface area contributed by atoms with Crippen LogP contribution in [0.15, 0.2) is 36.9 Å². The first-order valence-corrected chi connectivity index (χ1v) is 7.42. The molecule has 1 aliphatic heterocycles. The molecule has 2 heterocycles. The van der Waals surface area contributed by atoms with E-state index in [1.54, 1.807) is 23.0 Å². The molecule has 1 unspecified atom stereocenters. The van der Waals surface area contributed by atoms with Gasteiger partial charge < -0.3 is 19.7 Å². The molecule has 0 saturated carbocycles. The monoisotopic (exact) mass is 317 g/mol. The van der Waals surface area contributed by atoms with Gasteiger partial charge in [0.2, 0.25) is 0 Å². The van der Waals surface area contributed by atoms with Crippen LogP contribution in [0.2, 0.25) is 0 Å². The number of hydrogen-bond acceptors (Lipinski definition) is 5. The quantitative estimate of drug-likeness (QED) is 0.880. The van der Waals surface area contributed by atoms with Crippen molar-refractivity contribution in [1.82, 2.24) is 25.0 Å². The molecule has 1 aromatic carbocycles. The summed E-state index contributed by atoms with van der Waals surface area (Å²) in [5.41, 5.74) is 0. The first-order chi connectivity index (χ1) is 11.2. The lowest BCUT2D eigenvalue weighted by molar-refractivity contribution is 0.0715. The van der Waals surface area contributed by atoms with Crippen molar-refractivity contribution >= 4 is 6.03 Å². The first-order valence-electron chi connectivity index (χ1n) is 7.42. The fourth-order valence-electron chi connectivity index (χ4n) is 2.30. The van der Waals surface area contributed by atoms with E-state index in [1.807, 2.05) is 24.3 Å². The maximum Gasteiger partial charge on any atom is 0.317 e. The third-order valence-electron chi connectivity index (χ3n) is 3.48. The van der Waals surface area contributed by atoms with Crippen LogP contribution in [0.5, 0.6) is 11.5 Å². The van der Waals surface area contributed by atoms with Crippen LogP contribution < -0.4 is 14.8 Å². The molecule has 2 amide bonds. The Balaban J connectivity index is 1.43. The summed E-state index contributed by atoms with van der Waals surface area (Å²) < 4.78 is 13.2. The van der Waals surface area contributed by atoms with Crippen LogP contribution in [-0.2, 0) is 6.54 Å². The summed E-state index contributed by atoms with van der Waals surface area (Å²) in [4.78, 5) is 17.5. The standard InChI is InChI=1S/C15H19N5O3/c1-19(15(21)17-6-7-20-11-16-10-18-20)8-12-9-22-13-4-2-3-5-14(13)23-12/h2-5,10-12H,6-9H2,1H3,(H,17,21). The average molecular weight is 317 g/mol. The molecule has 0 fully saturated rings. The molecule has 0 spiro atoms. The van der Waals surface area contributed by atoms with Gasteiger partial charge in [-0.2, -0.15) is 5.10 Å². The molecule has 0 bridgehead atoms. The number of amides is 2. The second kappa shape index (κ2) is 6.99. The molecule has 0 aliphatic carbocycles.